The second-order valence-corrected chi connectivity index (χ2v) is 4.30. The fourth-order valence-corrected chi connectivity index (χ4v) is 2.20. The van der Waals surface area contributed by atoms with Crippen molar-refractivity contribution in [3.63, 3.8) is 0 Å². The minimum Gasteiger partial charge on any atom is -0.316 e. The Kier molecular flexibility index (Phi) is 2.40. The maximum absolute atomic E-state index is 13.3. The van der Waals surface area contributed by atoms with Crippen molar-refractivity contribution in [1.82, 2.24) is 4.57 Å². The zero-order valence-corrected chi connectivity index (χ0v) is 9.82. The summed E-state index contributed by atoms with van der Waals surface area (Å²) in [6, 6.07) is 11.8. The molecule has 0 atom stereocenters. The molecule has 0 saturated carbocycles. The minimum absolute atomic E-state index is 0.623. The van der Waals surface area contributed by atoms with E-state index in [2.05, 4.69) is 0 Å². The number of rotatable bonds is 1. The number of hydrogen-bond donors (Lipinski definition) is 0. The van der Waals surface area contributed by atoms with Gasteiger partial charge in [0.05, 0.1) is 5.52 Å². The molecule has 0 spiro atoms. The monoisotopic (exact) mass is 243 g/mol. The minimum atomic E-state index is -0.831. The van der Waals surface area contributed by atoms with Gasteiger partial charge >= 0.3 is 0 Å². The van der Waals surface area contributed by atoms with E-state index in [-0.39, 0.29) is 0 Å². The van der Waals surface area contributed by atoms with Gasteiger partial charge in [0, 0.05) is 23.3 Å². The Morgan fingerprint density at radius 3 is 2.50 bits per heavy atom. The van der Waals surface area contributed by atoms with Gasteiger partial charge in [0.2, 0.25) is 0 Å². The van der Waals surface area contributed by atoms with Crippen LogP contribution in [0.1, 0.15) is 5.56 Å². The van der Waals surface area contributed by atoms with E-state index in [4.69, 9.17) is 0 Å². The summed E-state index contributed by atoms with van der Waals surface area (Å²) in [4.78, 5) is 0. The number of aryl methyl sites for hydroxylation is 1. The molecule has 0 aliphatic carbocycles. The van der Waals surface area contributed by atoms with E-state index in [1.165, 1.54) is 6.07 Å². The Hall–Kier alpha value is -2.16. The summed E-state index contributed by atoms with van der Waals surface area (Å²) >= 11 is 0. The first-order chi connectivity index (χ1) is 8.66. The Labute approximate surface area is 103 Å². The Morgan fingerprint density at radius 2 is 1.72 bits per heavy atom. The van der Waals surface area contributed by atoms with Crippen LogP contribution in [0.4, 0.5) is 8.78 Å². The molecule has 1 heterocycles. The molecule has 0 unspecified atom stereocenters. The lowest BCUT2D eigenvalue weighted by Crippen LogP contribution is -1.94. The predicted molar refractivity (Wildman–Crippen MR) is 67.9 cm³/mol. The number of fused-ring (bicyclic) bond motifs is 1. The van der Waals surface area contributed by atoms with Crippen molar-refractivity contribution >= 4 is 10.9 Å². The lowest BCUT2D eigenvalue weighted by Gasteiger charge is -2.05. The van der Waals surface area contributed by atoms with Gasteiger partial charge in [-0.05, 0) is 30.7 Å². The van der Waals surface area contributed by atoms with E-state index in [0.717, 1.165) is 22.5 Å². The van der Waals surface area contributed by atoms with Crippen molar-refractivity contribution in [2.45, 2.75) is 6.92 Å². The number of aromatic nitrogens is 1. The quantitative estimate of drug-likeness (QED) is 0.603. The van der Waals surface area contributed by atoms with Crippen LogP contribution in [0.25, 0.3) is 16.6 Å². The first-order valence-electron chi connectivity index (χ1n) is 5.69. The topological polar surface area (TPSA) is 4.93 Å². The van der Waals surface area contributed by atoms with Gasteiger partial charge in [-0.1, -0.05) is 18.2 Å². The lowest BCUT2D eigenvalue weighted by atomic mass is 10.2. The lowest BCUT2D eigenvalue weighted by molar-refractivity contribution is 0.508. The zero-order valence-electron chi connectivity index (χ0n) is 9.82. The van der Waals surface area contributed by atoms with E-state index < -0.39 is 11.6 Å². The van der Waals surface area contributed by atoms with Crippen LogP contribution in [0.3, 0.4) is 0 Å². The molecular formula is C15H11F2N. The van der Waals surface area contributed by atoms with Crippen molar-refractivity contribution in [1.29, 1.82) is 0 Å². The summed E-state index contributed by atoms with van der Waals surface area (Å²) in [6.07, 6.45) is 1.93. The van der Waals surface area contributed by atoms with Crippen LogP contribution in [0, 0.1) is 18.6 Å². The van der Waals surface area contributed by atoms with Gasteiger partial charge in [0.25, 0.3) is 0 Å². The molecule has 3 rings (SSSR count). The third-order valence-electron chi connectivity index (χ3n) is 3.09. The summed E-state index contributed by atoms with van der Waals surface area (Å²) in [5, 5.41) is 1.11. The number of para-hydroxylation sites is 1. The van der Waals surface area contributed by atoms with Crippen LogP contribution in [-0.4, -0.2) is 4.57 Å². The highest BCUT2D eigenvalue weighted by atomic mass is 19.2. The highest BCUT2D eigenvalue weighted by molar-refractivity contribution is 5.85. The molecule has 0 N–H and O–H groups in total. The molecule has 18 heavy (non-hydrogen) atoms. The van der Waals surface area contributed by atoms with Crippen molar-refractivity contribution < 1.29 is 8.78 Å². The molecule has 0 saturated heterocycles. The summed E-state index contributed by atoms with van der Waals surface area (Å²) in [5.74, 6) is -1.66. The maximum Gasteiger partial charge on any atom is 0.160 e. The van der Waals surface area contributed by atoms with Crippen LogP contribution >= 0.6 is 0 Å². The molecule has 0 fully saturated rings. The van der Waals surface area contributed by atoms with Crippen molar-refractivity contribution in [2.24, 2.45) is 0 Å². The summed E-state index contributed by atoms with van der Waals surface area (Å²) in [5.41, 5.74) is 2.72. The van der Waals surface area contributed by atoms with Crippen molar-refractivity contribution in [3.8, 4) is 5.69 Å². The molecule has 0 aliphatic heterocycles. The van der Waals surface area contributed by atoms with Gasteiger partial charge in [0.15, 0.2) is 11.6 Å². The Balaban J connectivity index is 2.28. The number of halogens is 2. The van der Waals surface area contributed by atoms with Crippen LogP contribution < -0.4 is 0 Å². The largest absolute Gasteiger partial charge is 0.316 e. The second-order valence-electron chi connectivity index (χ2n) is 4.30. The van der Waals surface area contributed by atoms with Gasteiger partial charge in [-0.3, -0.25) is 0 Å². The average molecular weight is 243 g/mol. The van der Waals surface area contributed by atoms with E-state index in [1.807, 2.05) is 42.0 Å². The molecule has 2 aromatic carbocycles. The van der Waals surface area contributed by atoms with Gasteiger partial charge in [-0.2, -0.15) is 0 Å². The maximum atomic E-state index is 13.3. The highest BCUT2D eigenvalue weighted by Gasteiger charge is 2.08. The van der Waals surface area contributed by atoms with Gasteiger partial charge in [0.1, 0.15) is 0 Å². The molecule has 1 aromatic heterocycles. The molecule has 3 aromatic rings. The standard InChI is InChI=1S/C15H11F2N/c1-10-9-18(15-5-3-2-4-12(10)15)11-6-7-13(16)14(17)8-11/h2-9H,1H3. The molecule has 0 bridgehead atoms. The fraction of sp³-hybridized carbons (Fsp3) is 0.0667. The number of hydrogen-bond acceptors (Lipinski definition) is 0. The molecule has 0 aliphatic rings. The normalized spacial score (nSPS) is 11.1. The van der Waals surface area contributed by atoms with Gasteiger partial charge < -0.3 is 4.57 Å². The predicted octanol–water partition coefficient (Wildman–Crippen LogP) is 4.22. The summed E-state index contributed by atoms with van der Waals surface area (Å²) in [7, 11) is 0. The van der Waals surface area contributed by atoms with Crippen LogP contribution in [0.5, 0.6) is 0 Å². The molecule has 1 nitrogen and oxygen atoms in total. The van der Waals surface area contributed by atoms with Crippen LogP contribution in [0.2, 0.25) is 0 Å². The summed E-state index contributed by atoms with van der Waals surface area (Å²) < 4.78 is 28.1. The highest BCUT2D eigenvalue weighted by Crippen LogP contribution is 2.24. The number of nitrogens with zero attached hydrogens (tertiary/aromatic N) is 1. The van der Waals surface area contributed by atoms with Crippen LogP contribution in [-0.2, 0) is 0 Å². The SMILES string of the molecule is Cc1cn(-c2ccc(F)c(F)c2)c2ccccc12. The van der Waals surface area contributed by atoms with Gasteiger partial charge in [-0.15, -0.1) is 0 Å². The molecule has 3 heteroatoms. The second kappa shape index (κ2) is 3.95. The molecular weight excluding hydrogens is 232 g/mol. The first-order valence-corrected chi connectivity index (χ1v) is 5.69. The third-order valence-corrected chi connectivity index (χ3v) is 3.09. The zero-order chi connectivity index (χ0) is 12.7. The van der Waals surface area contributed by atoms with E-state index in [0.29, 0.717) is 5.69 Å². The van der Waals surface area contributed by atoms with E-state index in [1.54, 1.807) is 6.07 Å². The van der Waals surface area contributed by atoms with Crippen molar-refractivity contribution in [3.05, 3.63) is 65.9 Å². The van der Waals surface area contributed by atoms with Crippen LogP contribution in [0.15, 0.2) is 48.7 Å². The third kappa shape index (κ3) is 1.59. The van der Waals surface area contributed by atoms with E-state index >= 15 is 0 Å². The average Bonchev–Trinajstić information content (AvgIpc) is 2.71. The first kappa shape index (κ1) is 11.0. The Bertz CT molecular complexity index is 728. The fourth-order valence-electron chi connectivity index (χ4n) is 2.20. The molecule has 90 valence electrons. The number of benzene rings is 2. The van der Waals surface area contributed by atoms with Crippen molar-refractivity contribution in [2.75, 3.05) is 0 Å². The Morgan fingerprint density at radius 1 is 0.944 bits per heavy atom. The van der Waals surface area contributed by atoms with Gasteiger partial charge in [-0.25, -0.2) is 8.78 Å². The summed E-state index contributed by atoms with van der Waals surface area (Å²) in [6.45, 7) is 2.00. The molecule has 0 radical (unpaired) electrons. The van der Waals surface area contributed by atoms with E-state index in [9.17, 15) is 8.78 Å². The smallest absolute Gasteiger partial charge is 0.160 e. The molecule has 0 amide bonds.